The molecule has 0 saturated carbocycles. The first-order valence-corrected chi connectivity index (χ1v) is 10.5. The Morgan fingerprint density at radius 3 is 3.03 bits per heavy atom. The van der Waals surface area contributed by atoms with Gasteiger partial charge >= 0.3 is 0 Å². The summed E-state index contributed by atoms with van der Waals surface area (Å²) in [4.78, 5) is 11.6. The van der Waals surface area contributed by atoms with Gasteiger partial charge in [0.2, 0.25) is 0 Å². The molecule has 1 aromatic heterocycles. The van der Waals surface area contributed by atoms with Crippen molar-refractivity contribution in [1.82, 2.24) is 15.2 Å². The van der Waals surface area contributed by atoms with E-state index in [1.54, 1.807) is 6.20 Å². The molecule has 3 heterocycles. The summed E-state index contributed by atoms with van der Waals surface area (Å²) in [5, 5.41) is 3.46. The van der Waals surface area contributed by atoms with Crippen LogP contribution in [0.15, 0.2) is 53.7 Å². The quantitative estimate of drug-likeness (QED) is 0.602. The number of aliphatic imine (C=N–C) groups is 1. The molecule has 29 heavy (non-hydrogen) atoms. The number of benzene rings is 1. The fourth-order valence-corrected chi connectivity index (χ4v) is 4.05. The molecule has 2 aromatic rings. The molecule has 6 nitrogen and oxygen atoms in total. The maximum absolute atomic E-state index is 5.90. The fourth-order valence-electron chi connectivity index (χ4n) is 4.05. The van der Waals surface area contributed by atoms with Crippen molar-refractivity contribution in [2.75, 3.05) is 32.8 Å². The molecule has 0 radical (unpaired) electrons. The van der Waals surface area contributed by atoms with Crippen LogP contribution in [0.5, 0.6) is 5.75 Å². The Hall–Kier alpha value is -2.60. The van der Waals surface area contributed by atoms with Crippen LogP contribution in [0.25, 0.3) is 0 Å². The van der Waals surface area contributed by atoms with E-state index in [2.05, 4.69) is 34.3 Å². The number of likely N-dealkylation sites (tertiary alicyclic amines) is 1. The van der Waals surface area contributed by atoms with Crippen molar-refractivity contribution in [3.8, 4) is 5.75 Å². The van der Waals surface area contributed by atoms with E-state index in [0.717, 1.165) is 55.8 Å². The fraction of sp³-hybridized carbons (Fsp3) is 0.478. The van der Waals surface area contributed by atoms with Gasteiger partial charge in [-0.25, -0.2) is 4.99 Å². The minimum atomic E-state index is 0.329. The van der Waals surface area contributed by atoms with Crippen LogP contribution in [-0.2, 0) is 17.9 Å². The smallest absolute Gasteiger partial charge is 0.194 e. The summed E-state index contributed by atoms with van der Waals surface area (Å²) < 4.78 is 11.6. The summed E-state index contributed by atoms with van der Waals surface area (Å²) in [7, 11) is 0. The second-order valence-electron chi connectivity index (χ2n) is 7.90. The molecule has 1 N–H and O–H groups in total. The van der Waals surface area contributed by atoms with E-state index in [0.29, 0.717) is 18.6 Å². The van der Waals surface area contributed by atoms with Crippen LogP contribution in [0.4, 0.5) is 0 Å². The average Bonchev–Trinajstić information content (AvgIpc) is 3.40. The van der Waals surface area contributed by atoms with Crippen LogP contribution in [0.1, 0.15) is 31.0 Å². The second-order valence-corrected chi connectivity index (χ2v) is 7.90. The SMILES string of the molecule is CCNC(=NCc1cccc(OCc2ccccn2)c1)N1CCC2(CCOC2)C1. The van der Waals surface area contributed by atoms with Gasteiger partial charge in [0, 0.05) is 37.9 Å². The minimum absolute atomic E-state index is 0.329. The molecule has 2 aliphatic heterocycles. The van der Waals surface area contributed by atoms with Crippen LogP contribution < -0.4 is 10.1 Å². The highest BCUT2D eigenvalue weighted by Crippen LogP contribution is 2.38. The van der Waals surface area contributed by atoms with Crippen LogP contribution in [-0.4, -0.2) is 48.7 Å². The molecule has 1 atom stereocenters. The first-order valence-electron chi connectivity index (χ1n) is 10.5. The summed E-state index contributed by atoms with van der Waals surface area (Å²) in [6.07, 6.45) is 4.14. The second kappa shape index (κ2) is 9.27. The van der Waals surface area contributed by atoms with Crippen LogP contribution >= 0.6 is 0 Å². The molecule has 1 aromatic carbocycles. The zero-order chi connectivity index (χ0) is 19.9. The lowest BCUT2D eigenvalue weighted by atomic mass is 9.87. The first kappa shape index (κ1) is 19.7. The molecule has 1 unspecified atom stereocenters. The van der Waals surface area contributed by atoms with Crippen molar-refractivity contribution in [1.29, 1.82) is 0 Å². The number of nitrogens with one attached hydrogen (secondary N) is 1. The van der Waals surface area contributed by atoms with Crippen LogP contribution in [0.3, 0.4) is 0 Å². The molecule has 2 fully saturated rings. The van der Waals surface area contributed by atoms with Crippen LogP contribution in [0.2, 0.25) is 0 Å². The van der Waals surface area contributed by atoms with E-state index in [9.17, 15) is 0 Å². The van der Waals surface area contributed by atoms with E-state index in [4.69, 9.17) is 14.5 Å². The molecule has 0 aliphatic carbocycles. The summed E-state index contributed by atoms with van der Waals surface area (Å²) in [5.41, 5.74) is 2.39. The zero-order valence-electron chi connectivity index (χ0n) is 17.1. The number of guanidine groups is 1. The third kappa shape index (κ3) is 5.07. The predicted octanol–water partition coefficient (Wildman–Crippen LogP) is 3.24. The lowest BCUT2D eigenvalue weighted by Crippen LogP contribution is -2.41. The van der Waals surface area contributed by atoms with Gasteiger partial charge in [-0.2, -0.15) is 0 Å². The van der Waals surface area contributed by atoms with Gasteiger partial charge in [0.05, 0.1) is 18.8 Å². The maximum atomic E-state index is 5.90. The lowest BCUT2D eigenvalue weighted by Gasteiger charge is -2.25. The molecule has 154 valence electrons. The van der Waals surface area contributed by atoms with Gasteiger partial charge in [0.25, 0.3) is 0 Å². The zero-order valence-corrected chi connectivity index (χ0v) is 17.1. The highest BCUT2D eigenvalue weighted by atomic mass is 16.5. The Kier molecular flexibility index (Phi) is 6.30. The molecule has 2 aliphatic rings. The van der Waals surface area contributed by atoms with E-state index < -0.39 is 0 Å². The summed E-state index contributed by atoms with van der Waals surface area (Å²) in [6.45, 7) is 7.94. The number of ether oxygens (including phenoxy) is 2. The normalized spacial score (nSPS) is 21.7. The van der Waals surface area contributed by atoms with Gasteiger partial charge in [-0.05, 0) is 49.6 Å². The van der Waals surface area contributed by atoms with Crippen molar-refractivity contribution in [3.05, 3.63) is 59.9 Å². The predicted molar refractivity (Wildman–Crippen MR) is 114 cm³/mol. The Morgan fingerprint density at radius 1 is 1.28 bits per heavy atom. The van der Waals surface area contributed by atoms with Crippen molar-refractivity contribution in [2.24, 2.45) is 10.4 Å². The lowest BCUT2D eigenvalue weighted by molar-refractivity contribution is 0.156. The van der Waals surface area contributed by atoms with Crippen LogP contribution in [0, 0.1) is 5.41 Å². The van der Waals surface area contributed by atoms with Gasteiger partial charge in [-0.1, -0.05) is 18.2 Å². The standard InChI is InChI=1S/C23H30N4O2/c1-2-24-22(27-12-9-23(17-27)10-13-28-18-23)26-15-19-6-5-8-21(14-19)29-16-20-7-3-4-11-25-20/h3-8,11,14H,2,9-10,12-13,15-18H2,1H3,(H,24,26). The van der Waals surface area contributed by atoms with Gasteiger partial charge in [-0.15, -0.1) is 0 Å². The van der Waals surface area contributed by atoms with E-state index in [-0.39, 0.29) is 0 Å². The van der Waals surface area contributed by atoms with E-state index in [1.165, 1.54) is 12.8 Å². The third-order valence-corrected chi connectivity index (χ3v) is 5.68. The molecular weight excluding hydrogens is 364 g/mol. The van der Waals surface area contributed by atoms with Gasteiger partial charge in [0.1, 0.15) is 12.4 Å². The monoisotopic (exact) mass is 394 g/mol. The van der Waals surface area contributed by atoms with E-state index >= 15 is 0 Å². The molecule has 6 heteroatoms. The van der Waals surface area contributed by atoms with Gasteiger partial charge < -0.3 is 19.7 Å². The minimum Gasteiger partial charge on any atom is -0.487 e. The Bertz CT molecular complexity index is 819. The number of nitrogens with zero attached hydrogens (tertiary/aromatic N) is 3. The largest absolute Gasteiger partial charge is 0.487 e. The highest BCUT2D eigenvalue weighted by Gasteiger charge is 2.42. The molecule has 1 spiro atoms. The topological polar surface area (TPSA) is 59.0 Å². The average molecular weight is 395 g/mol. The molecular formula is C23H30N4O2. The highest BCUT2D eigenvalue weighted by molar-refractivity contribution is 5.80. The number of hydrogen-bond donors (Lipinski definition) is 1. The number of aromatic nitrogens is 1. The molecule has 2 saturated heterocycles. The number of hydrogen-bond acceptors (Lipinski definition) is 4. The van der Waals surface area contributed by atoms with Gasteiger partial charge in [0.15, 0.2) is 5.96 Å². The number of rotatable bonds is 6. The number of pyridine rings is 1. The molecule has 0 bridgehead atoms. The summed E-state index contributed by atoms with van der Waals surface area (Å²) >= 11 is 0. The molecule has 4 rings (SSSR count). The Morgan fingerprint density at radius 2 is 2.24 bits per heavy atom. The summed E-state index contributed by atoms with van der Waals surface area (Å²) in [6, 6.07) is 14.0. The Balaban J connectivity index is 1.38. The van der Waals surface area contributed by atoms with Gasteiger partial charge in [-0.3, -0.25) is 4.98 Å². The Labute approximate surface area is 173 Å². The van der Waals surface area contributed by atoms with E-state index in [1.807, 2.05) is 30.3 Å². The van der Waals surface area contributed by atoms with Crippen molar-refractivity contribution in [3.63, 3.8) is 0 Å². The maximum Gasteiger partial charge on any atom is 0.194 e. The first-order chi connectivity index (χ1) is 14.3. The van der Waals surface area contributed by atoms with Crippen molar-refractivity contribution < 1.29 is 9.47 Å². The third-order valence-electron chi connectivity index (χ3n) is 5.68. The van der Waals surface area contributed by atoms with Crippen molar-refractivity contribution >= 4 is 5.96 Å². The van der Waals surface area contributed by atoms with Crippen molar-refractivity contribution in [2.45, 2.75) is 32.9 Å². The summed E-state index contributed by atoms with van der Waals surface area (Å²) in [5.74, 6) is 1.84. The molecule has 0 amide bonds.